The summed E-state index contributed by atoms with van der Waals surface area (Å²) in [6, 6.07) is 3.53. The van der Waals surface area contributed by atoms with Crippen LogP contribution in [-0.4, -0.2) is 36.9 Å². The number of carbonyl (C=O) groups excluding carboxylic acids is 1. The van der Waals surface area contributed by atoms with Crippen molar-refractivity contribution >= 4 is 17.5 Å². The van der Waals surface area contributed by atoms with Crippen LogP contribution in [0.4, 0.5) is 0 Å². The maximum Gasteiger partial charge on any atom is 0.224 e. The first kappa shape index (κ1) is 15.4. The lowest BCUT2D eigenvalue weighted by Crippen LogP contribution is -2.33. The van der Waals surface area contributed by atoms with E-state index in [1.54, 1.807) is 12.1 Å². The Morgan fingerprint density at radius 3 is 2.91 bits per heavy atom. The molecule has 5 nitrogen and oxygen atoms in total. The highest BCUT2D eigenvalue weighted by molar-refractivity contribution is 6.32. The van der Waals surface area contributed by atoms with Gasteiger partial charge in [0.1, 0.15) is 13.2 Å². The summed E-state index contributed by atoms with van der Waals surface area (Å²) in [4.78, 5) is 12.0. The fraction of sp³-hybridized carbons (Fsp3) is 0.562. The molecule has 0 unspecified atom stereocenters. The molecule has 1 saturated carbocycles. The quantitative estimate of drug-likeness (QED) is 0.887. The third kappa shape index (κ3) is 3.47. The summed E-state index contributed by atoms with van der Waals surface area (Å²) >= 11 is 6.16. The lowest BCUT2D eigenvalue weighted by atomic mass is 10.1. The van der Waals surface area contributed by atoms with Crippen LogP contribution in [0.15, 0.2) is 12.1 Å². The predicted octanol–water partition coefficient (Wildman–Crippen LogP) is 1.93. The van der Waals surface area contributed by atoms with Crippen molar-refractivity contribution in [3.05, 3.63) is 22.7 Å². The third-order valence-corrected chi connectivity index (χ3v) is 4.48. The zero-order chi connectivity index (χ0) is 15.5. The molecule has 0 spiro atoms. The fourth-order valence-electron chi connectivity index (χ4n) is 3.01. The van der Waals surface area contributed by atoms with Crippen LogP contribution in [0.5, 0.6) is 11.5 Å². The van der Waals surface area contributed by atoms with Gasteiger partial charge in [-0.15, -0.1) is 0 Å². The van der Waals surface area contributed by atoms with Gasteiger partial charge in [0.2, 0.25) is 5.91 Å². The summed E-state index contributed by atoms with van der Waals surface area (Å²) in [5.41, 5.74) is 0.790. The SMILES string of the molecule is O=C(Cc1cc(Cl)c2c(c1)OCCO2)NC[C@@H]1CCC[C@H]1O. The minimum atomic E-state index is -0.288. The van der Waals surface area contributed by atoms with E-state index in [-0.39, 0.29) is 24.3 Å². The molecule has 120 valence electrons. The first-order valence-electron chi connectivity index (χ1n) is 7.66. The number of hydrogen-bond acceptors (Lipinski definition) is 4. The van der Waals surface area contributed by atoms with E-state index >= 15 is 0 Å². The van der Waals surface area contributed by atoms with E-state index in [2.05, 4.69) is 5.32 Å². The highest BCUT2D eigenvalue weighted by atomic mass is 35.5. The Hall–Kier alpha value is -1.46. The molecule has 0 bridgehead atoms. The largest absolute Gasteiger partial charge is 0.486 e. The highest BCUT2D eigenvalue weighted by Gasteiger charge is 2.25. The molecular weight excluding hydrogens is 306 g/mol. The number of amides is 1. The Labute approximate surface area is 134 Å². The van der Waals surface area contributed by atoms with Crippen LogP contribution in [0.2, 0.25) is 5.02 Å². The Morgan fingerprint density at radius 2 is 2.14 bits per heavy atom. The summed E-state index contributed by atoms with van der Waals surface area (Å²) in [5.74, 6) is 1.23. The molecule has 1 heterocycles. The van der Waals surface area contributed by atoms with E-state index in [1.165, 1.54) is 0 Å². The maximum absolute atomic E-state index is 12.0. The summed E-state index contributed by atoms with van der Waals surface area (Å²) < 4.78 is 11.0. The van der Waals surface area contributed by atoms with E-state index in [9.17, 15) is 9.90 Å². The fourth-order valence-corrected chi connectivity index (χ4v) is 3.30. The lowest BCUT2D eigenvalue weighted by molar-refractivity contribution is -0.120. The van der Waals surface area contributed by atoms with Crippen molar-refractivity contribution in [2.45, 2.75) is 31.8 Å². The number of carbonyl (C=O) groups is 1. The average Bonchev–Trinajstić information content (AvgIpc) is 2.90. The number of halogens is 1. The van der Waals surface area contributed by atoms with Crippen LogP contribution in [0.25, 0.3) is 0 Å². The molecule has 2 atom stereocenters. The number of fused-ring (bicyclic) bond motifs is 1. The molecule has 1 aromatic rings. The van der Waals surface area contributed by atoms with Crippen molar-refractivity contribution in [1.29, 1.82) is 0 Å². The van der Waals surface area contributed by atoms with Gasteiger partial charge in [0.25, 0.3) is 0 Å². The van der Waals surface area contributed by atoms with Crippen LogP contribution in [-0.2, 0) is 11.2 Å². The molecule has 6 heteroatoms. The Morgan fingerprint density at radius 1 is 1.32 bits per heavy atom. The van der Waals surface area contributed by atoms with Crippen LogP contribution in [0, 0.1) is 5.92 Å². The lowest BCUT2D eigenvalue weighted by Gasteiger charge is -2.20. The van der Waals surface area contributed by atoms with Gasteiger partial charge in [0.05, 0.1) is 17.5 Å². The van der Waals surface area contributed by atoms with Crippen LogP contribution < -0.4 is 14.8 Å². The second-order valence-corrected chi connectivity index (χ2v) is 6.25. The Balaban J connectivity index is 1.58. The van der Waals surface area contributed by atoms with Gasteiger partial charge in [0, 0.05) is 12.5 Å². The summed E-state index contributed by atoms with van der Waals surface area (Å²) in [7, 11) is 0. The molecule has 2 aliphatic rings. The molecule has 2 N–H and O–H groups in total. The van der Waals surface area contributed by atoms with Gasteiger partial charge in [-0.3, -0.25) is 4.79 Å². The maximum atomic E-state index is 12.0. The Kier molecular flexibility index (Phi) is 4.74. The van der Waals surface area contributed by atoms with E-state index in [4.69, 9.17) is 21.1 Å². The van der Waals surface area contributed by atoms with Crippen LogP contribution >= 0.6 is 11.6 Å². The number of aliphatic hydroxyl groups excluding tert-OH is 1. The van der Waals surface area contributed by atoms with Crippen molar-refractivity contribution < 1.29 is 19.4 Å². The topological polar surface area (TPSA) is 67.8 Å². The van der Waals surface area contributed by atoms with E-state index in [0.29, 0.717) is 36.3 Å². The normalized spacial score (nSPS) is 23.4. The molecular formula is C16H20ClNO4. The molecule has 22 heavy (non-hydrogen) atoms. The highest BCUT2D eigenvalue weighted by Crippen LogP contribution is 2.38. The molecule has 0 saturated heterocycles. The zero-order valence-electron chi connectivity index (χ0n) is 12.3. The molecule has 1 aromatic carbocycles. The summed E-state index contributed by atoms with van der Waals surface area (Å²) in [5, 5.41) is 13.1. The zero-order valence-corrected chi connectivity index (χ0v) is 13.1. The van der Waals surface area contributed by atoms with Crippen LogP contribution in [0.3, 0.4) is 0 Å². The van der Waals surface area contributed by atoms with Gasteiger partial charge < -0.3 is 19.9 Å². The number of rotatable bonds is 4. The van der Waals surface area contributed by atoms with Gasteiger partial charge in [-0.1, -0.05) is 18.0 Å². The van der Waals surface area contributed by atoms with Crippen molar-refractivity contribution in [3.63, 3.8) is 0 Å². The van der Waals surface area contributed by atoms with E-state index < -0.39 is 0 Å². The van der Waals surface area contributed by atoms with Crippen molar-refractivity contribution in [1.82, 2.24) is 5.32 Å². The summed E-state index contributed by atoms with van der Waals surface area (Å²) in [6.07, 6.45) is 2.78. The number of benzene rings is 1. The molecule has 1 aliphatic carbocycles. The van der Waals surface area contributed by atoms with Crippen molar-refractivity contribution in [2.75, 3.05) is 19.8 Å². The van der Waals surface area contributed by atoms with Gasteiger partial charge in [0.15, 0.2) is 11.5 Å². The number of ether oxygens (including phenoxy) is 2. The smallest absolute Gasteiger partial charge is 0.224 e. The third-order valence-electron chi connectivity index (χ3n) is 4.20. The van der Waals surface area contributed by atoms with E-state index in [0.717, 1.165) is 24.8 Å². The first-order chi connectivity index (χ1) is 10.6. The van der Waals surface area contributed by atoms with Crippen LogP contribution in [0.1, 0.15) is 24.8 Å². The monoisotopic (exact) mass is 325 g/mol. The molecule has 1 amide bonds. The minimum Gasteiger partial charge on any atom is -0.486 e. The number of aliphatic hydroxyl groups is 1. The predicted molar refractivity (Wildman–Crippen MR) is 82.5 cm³/mol. The number of nitrogens with one attached hydrogen (secondary N) is 1. The van der Waals surface area contributed by atoms with Gasteiger partial charge in [-0.05, 0) is 30.5 Å². The Bertz CT molecular complexity index is 563. The second kappa shape index (κ2) is 6.75. The molecule has 1 aliphatic heterocycles. The summed E-state index contributed by atoms with van der Waals surface area (Å²) in [6.45, 7) is 1.49. The second-order valence-electron chi connectivity index (χ2n) is 5.84. The average molecular weight is 326 g/mol. The van der Waals surface area contributed by atoms with Gasteiger partial charge >= 0.3 is 0 Å². The van der Waals surface area contributed by atoms with E-state index in [1.807, 2.05) is 0 Å². The molecule has 3 rings (SSSR count). The van der Waals surface area contributed by atoms with Gasteiger partial charge in [-0.2, -0.15) is 0 Å². The first-order valence-corrected chi connectivity index (χ1v) is 8.04. The van der Waals surface area contributed by atoms with Crippen molar-refractivity contribution in [3.8, 4) is 11.5 Å². The molecule has 0 aromatic heterocycles. The standard InChI is InChI=1S/C16H20ClNO4/c17-12-6-10(7-14-16(12)22-5-4-21-14)8-15(20)18-9-11-2-1-3-13(11)19/h6-7,11,13,19H,1-5,8-9H2,(H,18,20)/t11-,13+/m0/s1. The van der Waals surface area contributed by atoms with Gasteiger partial charge in [-0.25, -0.2) is 0 Å². The molecule has 0 radical (unpaired) electrons. The van der Waals surface area contributed by atoms with Crippen molar-refractivity contribution in [2.24, 2.45) is 5.92 Å². The minimum absolute atomic E-state index is 0.0770. The molecule has 1 fully saturated rings. The number of hydrogen-bond donors (Lipinski definition) is 2.